The molecule has 1 aliphatic carbocycles. The first-order chi connectivity index (χ1) is 12.6. The predicted molar refractivity (Wildman–Crippen MR) is 105 cm³/mol. The average Bonchev–Trinajstić information content (AvgIpc) is 2.70. The normalized spacial score (nSPS) is 21.7. The lowest BCUT2D eigenvalue weighted by Gasteiger charge is -2.32. The molecular formula is C21H23O4P. The monoisotopic (exact) mass is 370 g/mol. The Balaban J connectivity index is 0.000000948. The van der Waals surface area contributed by atoms with E-state index in [0.717, 1.165) is 11.1 Å². The van der Waals surface area contributed by atoms with E-state index in [9.17, 15) is 14.8 Å². The molecule has 136 valence electrons. The van der Waals surface area contributed by atoms with Gasteiger partial charge < -0.3 is 14.7 Å². The highest BCUT2D eigenvalue weighted by molar-refractivity contribution is 7.68. The molecule has 2 N–H and O–H groups in total. The second-order valence-corrected chi connectivity index (χ2v) is 8.32. The Morgan fingerprint density at radius 1 is 0.962 bits per heavy atom. The van der Waals surface area contributed by atoms with Crippen molar-refractivity contribution in [2.24, 2.45) is 0 Å². The van der Waals surface area contributed by atoms with Crippen LogP contribution in [0.1, 0.15) is 26.7 Å². The van der Waals surface area contributed by atoms with Crippen molar-refractivity contribution >= 4 is 12.7 Å². The molecule has 1 heterocycles. The highest BCUT2D eigenvalue weighted by Gasteiger charge is 2.43. The van der Waals surface area contributed by atoms with Gasteiger partial charge in [-0.05, 0) is 35.8 Å². The smallest absolute Gasteiger partial charge is 0.309 e. The molecule has 0 spiro atoms. The Morgan fingerprint density at radius 2 is 1.62 bits per heavy atom. The number of fused-ring (bicyclic) bond motifs is 3. The van der Waals surface area contributed by atoms with Crippen LogP contribution in [-0.2, 0) is 4.57 Å². The van der Waals surface area contributed by atoms with Crippen molar-refractivity contribution in [3.05, 3.63) is 72.0 Å². The van der Waals surface area contributed by atoms with Crippen LogP contribution in [-0.4, -0.2) is 16.1 Å². The SMILES string of the molecule is CC.O=P1(C(O)C2=CC=C(O)CC2)Oc2ccccc2-c2ccccc21. The summed E-state index contributed by atoms with van der Waals surface area (Å²) in [4.78, 5) is 0. The van der Waals surface area contributed by atoms with Gasteiger partial charge in [-0.1, -0.05) is 56.3 Å². The largest absolute Gasteiger partial charge is 0.512 e. The summed E-state index contributed by atoms with van der Waals surface area (Å²) in [7, 11) is -3.54. The van der Waals surface area contributed by atoms with Gasteiger partial charge in [0.15, 0.2) is 5.85 Å². The molecule has 26 heavy (non-hydrogen) atoms. The lowest BCUT2D eigenvalue weighted by atomic mass is 10.0. The second-order valence-electron chi connectivity index (χ2n) is 5.97. The summed E-state index contributed by atoms with van der Waals surface area (Å²) in [6.45, 7) is 4.00. The van der Waals surface area contributed by atoms with E-state index in [2.05, 4.69) is 0 Å². The number of rotatable bonds is 2. The van der Waals surface area contributed by atoms with E-state index in [0.29, 0.717) is 29.5 Å². The van der Waals surface area contributed by atoms with E-state index in [1.54, 1.807) is 24.3 Å². The second kappa shape index (κ2) is 7.53. The van der Waals surface area contributed by atoms with Crippen molar-refractivity contribution in [1.82, 2.24) is 0 Å². The molecule has 0 fully saturated rings. The van der Waals surface area contributed by atoms with Gasteiger partial charge in [-0.2, -0.15) is 0 Å². The zero-order valence-corrected chi connectivity index (χ0v) is 15.8. The number of hydrogen-bond donors (Lipinski definition) is 2. The zero-order valence-electron chi connectivity index (χ0n) is 14.9. The third kappa shape index (κ3) is 3.11. The van der Waals surface area contributed by atoms with Crippen LogP contribution in [0.4, 0.5) is 0 Å². The van der Waals surface area contributed by atoms with Crippen LogP contribution >= 0.6 is 7.37 Å². The van der Waals surface area contributed by atoms with Gasteiger partial charge in [0.2, 0.25) is 0 Å². The number of hydrogen-bond acceptors (Lipinski definition) is 4. The topological polar surface area (TPSA) is 66.8 Å². The van der Waals surface area contributed by atoms with E-state index in [1.807, 2.05) is 44.2 Å². The fourth-order valence-electron chi connectivity index (χ4n) is 3.19. The van der Waals surface area contributed by atoms with Crippen LogP contribution in [0.15, 0.2) is 72.0 Å². The molecule has 0 bridgehead atoms. The van der Waals surface area contributed by atoms with E-state index < -0.39 is 13.2 Å². The van der Waals surface area contributed by atoms with Crippen molar-refractivity contribution < 1.29 is 19.3 Å². The maximum Gasteiger partial charge on any atom is 0.309 e. The zero-order chi connectivity index (χ0) is 18.7. The fourth-order valence-corrected chi connectivity index (χ4v) is 5.58. The van der Waals surface area contributed by atoms with Crippen LogP contribution in [0.5, 0.6) is 5.75 Å². The van der Waals surface area contributed by atoms with Crippen LogP contribution < -0.4 is 9.83 Å². The first kappa shape index (κ1) is 18.5. The van der Waals surface area contributed by atoms with E-state index in [-0.39, 0.29) is 5.76 Å². The van der Waals surface area contributed by atoms with E-state index in [4.69, 9.17) is 4.52 Å². The highest BCUT2D eigenvalue weighted by Crippen LogP contribution is 2.59. The molecule has 2 aromatic carbocycles. The van der Waals surface area contributed by atoms with Gasteiger partial charge in [0.05, 0.1) is 11.1 Å². The van der Waals surface area contributed by atoms with Gasteiger partial charge >= 0.3 is 7.37 Å². The van der Waals surface area contributed by atoms with Crippen molar-refractivity contribution in [2.45, 2.75) is 32.5 Å². The van der Waals surface area contributed by atoms with Crippen LogP contribution in [0.25, 0.3) is 11.1 Å². The molecule has 2 atom stereocenters. The summed E-state index contributed by atoms with van der Waals surface area (Å²) in [6.07, 6.45) is 4.06. The molecule has 0 saturated heterocycles. The van der Waals surface area contributed by atoms with Crippen molar-refractivity contribution in [1.29, 1.82) is 0 Å². The van der Waals surface area contributed by atoms with Crippen LogP contribution in [0.3, 0.4) is 0 Å². The third-order valence-electron chi connectivity index (χ3n) is 4.46. The molecule has 1 aliphatic heterocycles. The lowest BCUT2D eigenvalue weighted by Crippen LogP contribution is -2.27. The number of allylic oxidation sites excluding steroid dienone is 3. The number of aliphatic hydroxyl groups excluding tert-OH is 2. The summed E-state index contributed by atoms with van der Waals surface area (Å²) in [6, 6.07) is 14.8. The summed E-state index contributed by atoms with van der Waals surface area (Å²) >= 11 is 0. The Morgan fingerprint density at radius 3 is 2.31 bits per heavy atom. The van der Waals surface area contributed by atoms with Crippen LogP contribution in [0.2, 0.25) is 0 Å². The molecular weight excluding hydrogens is 347 g/mol. The average molecular weight is 370 g/mol. The number of aliphatic hydroxyl groups is 2. The molecule has 5 heteroatoms. The van der Waals surface area contributed by atoms with E-state index in [1.165, 1.54) is 6.08 Å². The van der Waals surface area contributed by atoms with Crippen molar-refractivity contribution in [3.8, 4) is 16.9 Å². The van der Waals surface area contributed by atoms with Gasteiger partial charge in [-0.3, -0.25) is 4.57 Å². The minimum Gasteiger partial charge on any atom is -0.512 e. The lowest BCUT2D eigenvalue weighted by molar-refractivity contribution is 0.260. The Labute approximate surface area is 153 Å². The predicted octanol–water partition coefficient (Wildman–Crippen LogP) is 5.16. The van der Waals surface area contributed by atoms with Crippen molar-refractivity contribution in [3.63, 3.8) is 0 Å². The minimum atomic E-state index is -3.54. The van der Waals surface area contributed by atoms with Gasteiger partial charge in [-0.15, -0.1) is 0 Å². The summed E-state index contributed by atoms with van der Waals surface area (Å²) < 4.78 is 19.6. The summed E-state index contributed by atoms with van der Waals surface area (Å²) in [5.74, 6) is -0.440. The first-order valence-corrected chi connectivity index (χ1v) is 10.5. The standard InChI is InChI=1S/C19H17O4P.C2H6/c20-14-11-9-13(10-12-14)19(21)24(22)18-8-4-2-6-16(18)15-5-1-3-7-17(15)23-24;1-2/h1-9,11,19-21H,10,12H2;1-2H3. The molecule has 2 aromatic rings. The van der Waals surface area contributed by atoms with E-state index >= 15 is 0 Å². The minimum absolute atomic E-state index is 0.263. The molecule has 2 unspecified atom stereocenters. The fraction of sp³-hybridized carbons (Fsp3) is 0.238. The van der Waals surface area contributed by atoms with Gasteiger partial charge in [-0.25, -0.2) is 0 Å². The molecule has 0 saturated carbocycles. The Hall–Kier alpha value is -2.29. The molecule has 0 radical (unpaired) electrons. The molecule has 4 rings (SSSR count). The summed E-state index contributed by atoms with van der Waals surface area (Å²) in [5, 5.41) is 20.9. The molecule has 4 nitrogen and oxygen atoms in total. The Kier molecular flexibility index (Phi) is 5.36. The molecule has 0 amide bonds. The quantitative estimate of drug-likeness (QED) is 0.717. The maximum atomic E-state index is 13.7. The van der Waals surface area contributed by atoms with Gasteiger partial charge in [0.25, 0.3) is 0 Å². The number of para-hydroxylation sites is 1. The van der Waals surface area contributed by atoms with Crippen molar-refractivity contribution in [2.75, 3.05) is 0 Å². The number of benzene rings is 2. The van der Waals surface area contributed by atoms with Gasteiger partial charge in [0, 0.05) is 12.0 Å². The first-order valence-electron chi connectivity index (χ1n) is 8.84. The van der Waals surface area contributed by atoms with Crippen LogP contribution in [0, 0.1) is 0 Å². The molecule has 2 aliphatic rings. The molecule has 0 aromatic heterocycles. The summed E-state index contributed by atoms with van der Waals surface area (Å²) in [5.41, 5.74) is 2.32. The maximum absolute atomic E-state index is 13.7. The third-order valence-corrected chi connectivity index (χ3v) is 6.97. The highest BCUT2D eigenvalue weighted by atomic mass is 31.2. The Bertz CT molecular complexity index is 914. The van der Waals surface area contributed by atoms with Gasteiger partial charge in [0.1, 0.15) is 5.75 Å².